The minimum atomic E-state index is -0.0634. The molecule has 0 amide bonds. The Labute approximate surface area is 107 Å². The molecule has 1 atom stereocenters. The van der Waals surface area contributed by atoms with Crippen LogP contribution < -0.4 is 5.73 Å². The van der Waals surface area contributed by atoms with Crippen LogP contribution in [0, 0.1) is 6.92 Å². The summed E-state index contributed by atoms with van der Waals surface area (Å²) in [5, 5.41) is 4.21. The van der Waals surface area contributed by atoms with E-state index in [1.54, 1.807) is 12.5 Å². The zero-order valence-corrected chi connectivity index (χ0v) is 10.9. The lowest BCUT2D eigenvalue weighted by Gasteiger charge is -2.12. The Morgan fingerprint density at radius 1 is 1.39 bits per heavy atom. The van der Waals surface area contributed by atoms with Crippen LogP contribution in [0.25, 0.3) is 0 Å². The lowest BCUT2D eigenvalue weighted by atomic mass is 10.0. The van der Waals surface area contributed by atoms with Crippen LogP contribution in [0.1, 0.15) is 36.5 Å². The summed E-state index contributed by atoms with van der Waals surface area (Å²) >= 11 is 0. The number of pyridine rings is 1. The van der Waals surface area contributed by atoms with Crippen molar-refractivity contribution in [1.82, 2.24) is 19.7 Å². The van der Waals surface area contributed by atoms with Crippen LogP contribution in [0.15, 0.2) is 24.7 Å². The molecule has 18 heavy (non-hydrogen) atoms. The quantitative estimate of drug-likeness (QED) is 0.869. The molecule has 0 fully saturated rings. The van der Waals surface area contributed by atoms with E-state index in [0.717, 1.165) is 30.0 Å². The monoisotopic (exact) mass is 245 g/mol. The first-order chi connectivity index (χ1) is 8.70. The fourth-order valence-electron chi connectivity index (χ4n) is 1.96. The first kappa shape index (κ1) is 12.7. The van der Waals surface area contributed by atoms with Crippen molar-refractivity contribution in [3.8, 4) is 0 Å². The summed E-state index contributed by atoms with van der Waals surface area (Å²) in [6, 6.07) is 3.91. The van der Waals surface area contributed by atoms with E-state index >= 15 is 0 Å². The van der Waals surface area contributed by atoms with Gasteiger partial charge in [0.15, 0.2) is 0 Å². The van der Waals surface area contributed by atoms with Gasteiger partial charge in [0.2, 0.25) is 0 Å². The summed E-state index contributed by atoms with van der Waals surface area (Å²) < 4.78 is 1.92. The van der Waals surface area contributed by atoms with Gasteiger partial charge in [-0.1, -0.05) is 6.92 Å². The molecule has 0 spiro atoms. The van der Waals surface area contributed by atoms with Gasteiger partial charge in [0.1, 0.15) is 12.2 Å². The van der Waals surface area contributed by atoms with Crippen LogP contribution in [0.3, 0.4) is 0 Å². The second-order valence-corrected chi connectivity index (χ2v) is 4.44. The smallest absolute Gasteiger partial charge is 0.138 e. The molecule has 96 valence electrons. The fraction of sp³-hybridized carbons (Fsp3) is 0.462. The van der Waals surface area contributed by atoms with Gasteiger partial charge in [-0.3, -0.25) is 9.67 Å². The van der Waals surface area contributed by atoms with Crippen LogP contribution in [0.4, 0.5) is 0 Å². The van der Waals surface area contributed by atoms with Gasteiger partial charge in [-0.2, -0.15) is 5.10 Å². The third-order valence-electron chi connectivity index (χ3n) is 2.88. The average molecular weight is 245 g/mol. The Kier molecular flexibility index (Phi) is 4.04. The first-order valence-electron chi connectivity index (χ1n) is 6.25. The van der Waals surface area contributed by atoms with Crippen LogP contribution in [-0.4, -0.2) is 19.7 Å². The number of rotatable bonds is 5. The predicted molar refractivity (Wildman–Crippen MR) is 69.9 cm³/mol. The van der Waals surface area contributed by atoms with Gasteiger partial charge < -0.3 is 5.73 Å². The van der Waals surface area contributed by atoms with Gasteiger partial charge >= 0.3 is 0 Å². The van der Waals surface area contributed by atoms with E-state index in [2.05, 4.69) is 22.0 Å². The van der Waals surface area contributed by atoms with E-state index in [4.69, 9.17) is 5.73 Å². The average Bonchev–Trinajstić information content (AvgIpc) is 2.77. The normalized spacial score (nSPS) is 12.6. The van der Waals surface area contributed by atoms with E-state index in [1.807, 2.05) is 23.7 Å². The summed E-state index contributed by atoms with van der Waals surface area (Å²) in [6.07, 6.45) is 5.13. The van der Waals surface area contributed by atoms with Crippen LogP contribution in [0.5, 0.6) is 0 Å². The third kappa shape index (κ3) is 2.92. The molecule has 2 aromatic heterocycles. The van der Waals surface area contributed by atoms with E-state index in [0.29, 0.717) is 6.42 Å². The number of hydrogen-bond donors (Lipinski definition) is 1. The number of nitrogens with zero attached hydrogens (tertiary/aromatic N) is 4. The molecule has 2 heterocycles. The molecule has 0 aliphatic carbocycles. The highest BCUT2D eigenvalue weighted by atomic mass is 15.3. The SMILES string of the molecule is CCCn1ncnc1CC(N)c1ccnc(C)c1. The summed E-state index contributed by atoms with van der Waals surface area (Å²) in [7, 11) is 0. The summed E-state index contributed by atoms with van der Waals surface area (Å²) in [6.45, 7) is 4.98. The van der Waals surface area contributed by atoms with Crippen molar-refractivity contribution < 1.29 is 0 Å². The van der Waals surface area contributed by atoms with Crippen LogP contribution in [0.2, 0.25) is 0 Å². The Hall–Kier alpha value is -1.75. The molecule has 5 nitrogen and oxygen atoms in total. The molecule has 2 aromatic rings. The molecule has 2 N–H and O–H groups in total. The topological polar surface area (TPSA) is 69.6 Å². The van der Waals surface area contributed by atoms with E-state index < -0.39 is 0 Å². The van der Waals surface area contributed by atoms with Crippen molar-refractivity contribution in [2.75, 3.05) is 0 Å². The lowest BCUT2D eigenvalue weighted by Crippen LogP contribution is -2.17. The van der Waals surface area contributed by atoms with Crippen molar-refractivity contribution >= 4 is 0 Å². The Balaban J connectivity index is 2.11. The Bertz CT molecular complexity index is 506. The van der Waals surface area contributed by atoms with Crippen LogP contribution >= 0.6 is 0 Å². The maximum Gasteiger partial charge on any atom is 0.138 e. The van der Waals surface area contributed by atoms with Gasteiger partial charge in [0.05, 0.1) is 0 Å². The zero-order valence-electron chi connectivity index (χ0n) is 10.9. The minimum Gasteiger partial charge on any atom is -0.324 e. The molecule has 0 saturated carbocycles. The molecule has 5 heteroatoms. The number of aromatic nitrogens is 4. The minimum absolute atomic E-state index is 0.0634. The van der Waals surface area contributed by atoms with Crippen molar-refractivity contribution in [2.24, 2.45) is 5.73 Å². The van der Waals surface area contributed by atoms with Crippen molar-refractivity contribution in [2.45, 2.75) is 39.3 Å². The van der Waals surface area contributed by atoms with Crippen molar-refractivity contribution in [3.63, 3.8) is 0 Å². The molecular formula is C13H19N5. The summed E-state index contributed by atoms with van der Waals surface area (Å²) in [5.41, 5.74) is 8.29. The number of nitrogens with two attached hydrogens (primary N) is 1. The molecule has 0 radical (unpaired) electrons. The third-order valence-corrected chi connectivity index (χ3v) is 2.88. The molecule has 0 bridgehead atoms. The molecule has 0 aromatic carbocycles. The molecule has 0 aliphatic rings. The Morgan fingerprint density at radius 2 is 2.22 bits per heavy atom. The van der Waals surface area contributed by atoms with E-state index in [1.165, 1.54) is 0 Å². The zero-order chi connectivity index (χ0) is 13.0. The van der Waals surface area contributed by atoms with Crippen LogP contribution in [-0.2, 0) is 13.0 Å². The largest absolute Gasteiger partial charge is 0.324 e. The molecule has 0 aliphatic heterocycles. The lowest BCUT2D eigenvalue weighted by molar-refractivity contribution is 0.548. The highest BCUT2D eigenvalue weighted by Gasteiger charge is 2.12. The molecule has 0 saturated heterocycles. The van der Waals surface area contributed by atoms with Gasteiger partial charge in [-0.25, -0.2) is 4.98 Å². The highest BCUT2D eigenvalue weighted by molar-refractivity contribution is 5.20. The van der Waals surface area contributed by atoms with Gasteiger partial charge in [-0.15, -0.1) is 0 Å². The summed E-state index contributed by atoms with van der Waals surface area (Å²) in [4.78, 5) is 8.46. The van der Waals surface area contributed by atoms with Gasteiger partial charge in [0.25, 0.3) is 0 Å². The number of hydrogen-bond acceptors (Lipinski definition) is 4. The van der Waals surface area contributed by atoms with Crippen molar-refractivity contribution in [3.05, 3.63) is 41.7 Å². The van der Waals surface area contributed by atoms with Gasteiger partial charge in [-0.05, 0) is 31.0 Å². The molecular weight excluding hydrogens is 226 g/mol. The second-order valence-electron chi connectivity index (χ2n) is 4.44. The predicted octanol–water partition coefficient (Wildman–Crippen LogP) is 1.63. The summed E-state index contributed by atoms with van der Waals surface area (Å²) in [5.74, 6) is 0.943. The maximum absolute atomic E-state index is 6.21. The number of aryl methyl sites for hydroxylation is 2. The molecule has 1 unspecified atom stereocenters. The molecule has 2 rings (SSSR count). The first-order valence-corrected chi connectivity index (χ1v) is 6.25. The standard InChI is InChI=1S/C13H19N5/c1-3-6-18-13(16-9-17-18)8-12(14)11-4-5-15-10(2)7-11/h4-5,7,9,12H,3,6,8,14H2,1-2H3. The highest BCUT2D eigenvalue weighted by Crippen LogP contribution is 2.15. The Morgan fingerprint density at radius 3 is 2.94 bits per heavy atom. The van der Waals surface area contributed by atoms with Gasteiger partial charge in [0, 0.05) is 30.9 Å². The van der Waals surface area contributed by atoms with E-state index in [9.17, 15) is 0 Å². The fourth-order valence-corrected chi connectivity index (χ4v) is 1.96. The maximum atomic E-state index is 6.21. The van der Waals surface area contributed by atoms with Crippen molar-refractivity contribution in [1.29, 1.82) is 0 Å². The second kappa shape index (κ2) is 5.73. The van der Waals surface area contributed by atoms with E-state index in [-0.39, 0.29) is 6.04 Å².